The van der Waals surface area contributed by atoms with E-state index in [1.165, 1.54) is 11.1 Å². The molecule has 0 radical (unpaired) electrons. The molecule has 0 aromatic heterocycles. The smallest absolute Gasteiger partial charge is 0.128 e. The Labute approximate surface area is 114 Å². The maximum Gasteiger partial charge on any atom is 0.128 e. The molecular formula is C15H22FNS. The van der Waals surface area contributed by atoms with E-state index in [-0.39, 0.29) is 11.9 Å². The lowest BCUT2D eigenvalue weighted by Crippen LogP contribution is -2.29. The van der Waals surface area contributed by atoms with Gasteiger partial charge in [0.1, 0.15) is 5.82 Å². The third-order valence-electron chi connectivity index (χ3n) is 3.66. The molecule has 2 unspecified atom stereocenters. The van der Waals surface area contributed by atoms with Gasteiger partial charge in [-0.05, 0) is 48.8 Å². The topological polar surface area (TPSA) is 12.0 Å². The number of hydrogen-bond acceptors (Lipinski definition) is 2. The van der Waals surface area contributed by atoms with Crippen molar-refractivity contribution < 1.29 is 4.39 Å². The molecule has 1 aliphatic rings. The van der Waals surface area contributed by atoms with E-state index >= 15 is 0 Å². The van der Waals surface area contributed by atoms with Gasteiger partial charge in [0, 0.05) is 17.4 Å². The number of nitrogens with one attached hydrogen (secondary N) is 1. The molecule has 0 saturated carbocycles. The van der Waals surface area contributed by atoms with Crippen LogP contribution in [0.1, 0.15) is 43.0 Å². The zero-order valence-corrected chi connectivity index (χ0v) is 12.2. The summed E-state index contributed by atoms with van der Waals surface area (Å²) in [5.41, 5.74) is 3.34. The number of hydrogen-bond donors (Lipinski definition) is 1. The van der Waals surface area contributed by atoms with Crippen molar-refractivity contribution in [2.45, 2.75) is 39.0 Å². The van der Waals surface area contributed by atoms with Gasteiger partial charge in [0.15, 0.2) is 0 Å². The van der Waals surface area contributed by atoms with Crippen LogP contribution in [0.5, 0.6) is 0 Å². The Morgan fingerprint density at radius 1 is 1.44 bits per heavy atom. The number of aryl methyl sites for hydroxylation is 1. The van der Waals surface area contributed by atoms with Crippen LogP contribution in [-0.4, -0.2) is 12.3 Å². The standard InChI is InChI=1S/C15H22FNS/c1-4-7-17-15-11(3)8-18-9-12-10(2)5-6-13(16)14(12)15/h5-6,11,15,17H,4,7-9H2,1-3H3. The van der Waals surface area contributed by atoms with E-state index in [1.807, 2.05) is 17.8 Å². The maximum atomic E-state index is 14.2. The molecule has 1 aliphatic heterocycles. The van der Waals surface area contributed by atoms with Crippen LogP contribution in [0.15, 0.2) is 12.1 Å². The molecule has 3 heteroatoms. The second-order valence-electron chi connectivity index (χ2n) is 5.18. The Balaban J connectivity index is 2.43. The quantitative estimate of drug-likeness (QED) is 0.886. The van der Waals surface area contributed by atoms with Crippen molar-refractivity contribution in [3.8, 4) is 0 Å². The highest BCUT2D eigenvalue weighted by molar-refractivity contribution is 7.98. The molecule has 1 aromatic carbocycles. The molecule has 1 N–H and O–H groups in total. The summed E-state index contributed by atoms with van der Waals surface area (Å²) in [6, 6.07) is 3.69. The van der Waals surface area contributed by atoms with Crippen LogP contribution in [0.4, 0.5) is 4.39 Å². The third kappa shape index (κ3) is 2.72. The molecule has 18 heavy (non-hydrogen) atoms. The summed E-state index contributed by atoms with van der Waals surface area (Å²) in [4.78, 5) is 0. The van der Waals surface area contributed by atoms with Crippen molar-refractivity contribution in [1.29, 1.82) is 0 Å². The first kappa shape index (κ1) is 13.9. The number of benzene rings is 1. The highest BCUT2D eigenvalue weighted by atomic mass is 32.2. The lowest BCUT2D eigenvalue weighted by Gasteiger charge is -2.25. The van der Waals surface area contributed by atoms with E-state index in [0.29, 0.717) is 5.92 Å². The fourth-order valence-electron chi connectivity index (χ4n) is 2.60. The van der Waals surface area contributed by atoms with E-state index in [2.05, 4.69) is 26.1 Å². The monoisotopic (exact) mass is 267 g/mol. The predicted molar refractivity (Wildman–Crippen MR) is 77.5 cm³/mol. The van der Waals surface area contributed by atoms with Crippen LogP contribution < -0.4 is 5.32 Å². The number of thioether (sulfide) groups is 1. The van der Waals surface area contributed by atoms with Crippen LogP contribution in [0.25, 0.3) is 0 Å². The average Bonchev–Trinajstić information content (AvgIpc) is 2.52. The van der Waals surface area contributed by atoms with Crippen LogP contribution >= 0.6 is 11.8 Å². The zero-order chi connectivity index (χ0) is 13.1. The summed E-state index contributed by atoms with van der Waals surface area (Å²) >= 11 is 1.92. The van der Waals surface area contributed by atoms with Gasteiger partial charge < -0.3 is 5.32 Å². The lowest BCUT2D eigenvalue weighted by atomic mass is 9.90. The van der Waals surface area contributed by atoms with Crippen molar-refractivity contribution in [2.24, 2.45) is 5.92 Å². The molecule has 0 aliphatic carbocycles. The van der Waals surface area contributed by atoms with Gasteiger partial charge in [-0.15, -0.1) is 0 Å². The van der Waals surface area contributed by atoms with Gasteiger partial charge in [0.25, 0.3) is 0 Å². The second-order valence-corrected chi connectivity index (χ2v) is 6.21. The first-order valence-corrected chi connectivity index (χ1v) is 7.89. The molecule has 2 atom stereocenters. The molecule has 0 spiro atoms. The van der Waals surface area contributed by atoms with E-state index in [4.69, 9.17) is 0 Å². The van der Waals surface area contributed by atoms with E-state index in [1.54, 1.807) is 6.07 Å². The molecule has 0 saturated heterocycles. The summed E-state index contributed by atoms with van der Waals surface area (Å²) in [7, 11) is 0. The summed E-state index contributed by atoms with van der Waals surface area (Å²) in [6.07, 6.45) is 1.08. The molecule has 2 rings (SSSR count). The first-order valence-electron chi connectivity index (χ1n) is 6.74. The summed E-state index contributed by atoms with van der Waals surface area (Å²) in [6.45, 7) is 7.41. The Kier molecular flexibility index (Phi) is 4.68. The number of halogens is 1. The Morgan fingerprint density at radius 2 is 2.22 bits per heavy atom. The molecular weight excluding hydrogens is 245 g/mol. The normalized spacial score (nSPS) is 23.6. The Morgan fingerprint density at radius 3 is 2.94 bits per heavy atom. The molecule has 0 fully saturated rings. The summed E-state index contributed by atoms with van der Waals surface area (Å²) in [5, 5.41) is 3.53. The minimum atomic E-state index is -0.0430. The van der Waals surface area contributed by atoms with E-state index in [9.17, 15) is 4.39 Å². The van der Waals surface area contributed by atoms with Crippen LogP contribution in [-0.2, 0) is 5.75 Å². The largest absolute Gasteiger partial charge is 0.310 e. The maximum absolute atomic E-state index is 14.2. The Hall–Kier alpha value is -0.540. The van der Waals surface area contributed by atoms with Gasteiger partial charge in [-0.1, -0.05) is 19.9 Å². The van der Waals surface area contributed by atoms with Crippen molar-refractivity contribution in [3.63, 3.8) is 0 Å². The average molecular weight is 267 g/mol. The van der Waals surface area contributed by atoms with Crippen LogP contribution in [0.3, 0.4) is 0 Å². The minimum absolute atomic E-state index is 0.0430. The molecule has 0 bridgehead atoms. The lowest BCUT2D eigenvalue weighted by molar-refractivity contribution is 0.403. The minimum Gasteiger partial charge on any atom is -0.310 e. The number of rotatable bonds is 3. The number of fused-ring (bicyclic) bond motifs is 1. The van der Waals surface area contributed by atoms with Crippen molar-refractivity contribution in [1.82, 2.24) is 5.32 Å². The van der Waals surface area contributed by atoms with Crippen molar-refractivity contribution in [2.75, 3.05) is 12.3 Å². The first-order chi connectivity index (χ1) is 8.65. The molecule has 0 amide bonds. The summed E-state index contributed by atoms with van der Waals surface area (Å²) < 4.78 is 14.2. The van der Waals surface area contributed by atoms with Gasteiger partial charge in [-0.2, -0.15) is 11.8 Å². The van der Waals surface area contributed by atoms with Gasteiger partial charge in [0.2, 0.25) is 0 Å². The van der Waals surface area contributed by atoms with E-state index < -0.39 is 0 Å². The molecule has 1 nitrogen and oxygen atoms in total. The highest BCUT2D eigenvalue weighted by Crippen LogP contribution is 2.37. The summed E-state index contributed by atoms with van der Waals surface area (Å²) in [5.74, 6) is 2.46. The fourth-order valence-corrected chi connectivity index (χ4v) is 3.87. The second kappa shape index (κ2) is 6.07. The van der Waals surface area contributed by atoms with Gasteiger partial charge in [0.05, 0.1) is 0 Å². The molecule has 1 aromatic rings. The fraction of sp³-hybridized carbons (Fsp3) is 0.600. The van der Waals surface area contributed by atoms with Gasteiger partial charge >= 0.3 is 0 Å². The van der Waals surface area contributed by atoms with E-state index in [0.717, 1.165) is 30.0 Å². The van der Waals surface area contributed by atoms with Crippen molar-refractivity contribution in [3.05, 3.63) is 34.6 Å². The van der Waals surface area contributed by atoms with Crippen molar-refractivity contribution >= 4 is 11.8 Å². The van der Waals surface area contributed by atoms with Crippen LogP contribution in [0.2, 0.25) is 0 Å². The molecule has 1 heterocycles. The third-order valence-corrected chi connectivity index (χ3v) is 4.91. The van der Waals surface area contributed by atoms with Crippen LogP contribution in [0, 0.1) is 18.7 Å². The molecule has 100 valence electrons. The zero-order valence-electron chi connectivity index (χ0n) is 11.4. The Bertz CT molecular complexity index is 419. The SMILES string of the molecule is CCCNC1c2c(F)ccc(C)c2CSCC1C. The highest BCUT2D eigenvalue weighted by Gasteiger charge is 2.28. The van der Waals surface area contributed by atoms with Gasteiger partial charge in [-0.25, -0.2) is 4.39 Å². The predicted octanol–water partition coefficient (Wildman–Crippen LogP) is 4.06. The van der Waals surface area contributed by atoms with Gasteiger partial charge in [-0.3, -0.25) is 0 Å².